The van der Waals surface area contributed by atoms with Crippen LogP contribution < -0.4 is 10.0 Å². The molecule has 3 aromatic rings. The molecule has 3 rings (SSSR count). The zero-order chi connectivity index (χ0) is 23.0. The fourth-order valence-corrected chi connectivity index (χ4v) is 5.01. The van der Waals surface area contributed by atoms with Crippen molar-refractivity contribution in [2.24, 2.45) is 0 Å². The van der Waals surface area contributed by atoms with Crippen LogP contribution in [0.5, 0.6) is 0 Å². The van der Waals surface area contributed by atoms with E-state index in [9.17, 15) is 31.0 Å². The van der Waals surface area contributed by atoms with Gasteiger partial charge >= 0.3 is 6.18 Å². The van der Waals surface area contributed by atoms with E-state index in [1.165, 1.54) is 30.3 Å². The Labute approximate surface area is 186 Å². The van der Waals surface area contributed by atoms with Crippen molar-refractivity contribution in [3.8, 4) is 11.1 Å². The van der Waals surface area contributed by atoms with Gasteiger partial charge in [-0.05, 0) is 42.0 Å². The van der Waals surface area contributed by atoms with E-state index in [1.54, 1.807) is 12.1 Å². The molecular weight excluding hydrogens is 497 g/mol. The fraction of sp³-hybridized carbons (Fsp3) is 0.0526. The molecule has 12 heteroatoms. The van der Waals surface area contributed by atoms with Crippen molar-refractivity contribution in [1.29, 1.82) is 0 Å². The third kappa shape index (κ3) is 5.25. The molecule has 164 valence electrons. The lowest BCUT2D eigenvalue weighted by atomic mass is 10.0. The monoisotopic (exact) mass is 509 g/mol. The van der Waals surface area contributed by atoms with Gasteiger partial charge < -0.3 is 4.89 Å². The number of hydrogen-bond acceptors (Lipinski definition) is 3. The second-order valence-corrected chi connectivity index (χ2v) is 9.96. The third-order valence-corrected chi connectivity index (χ3v) is 7.05. The Morgan fingerprint density at radius 3 is 2.26 bits per heavy atom. The Hall–Kier alpha value is -2.03. The van der Waals surface area contributed by atoms with E-state index < -0.39 is 39.7 Å². The van der Waals surface area contributed by atoms with E-state index in [-0.39, 0.29) is 27.1 Å². The number of rotatable bonds is 5. The van der Waals surface area contributed by atoms with E-state index in [4.69, 9.17) is 23.2 Å². The van der Waals surface area contributed by atoms with Gasteiger partial charge in [-0.2, -0.15) is 13.2 Å². The van der Waals surface area contributed by atoms with Crippen molar-refractivity contribution in [2.45, 2.75) is 11.1 Å². The van der Waals surface area contributed by atoms with Gasteiger partial charge in [-0.15, -0.1) is 0 Å². The topological polar surface area (TPSA) is 83.5 Å². The number of hydrogen-bond donors (Lipinski definition) is 2. The van der Waals surface area contributed by atoms with E-state index in [2.05, 4.69) is 4.72 Å². The zero-order valence-electron chi connectivity index (χ0n) is 15.2. The second-order valence-electron chi connectivity index (χ2n) is 6.29. The highest BCUT2D eigenvalue weighted by molar-refractivity contribution is 7.92. The first-order chi connectivity index (χ1) is 14.4. The quantitative estimate of drug-likeness (QED) is 0.440. The minimum atomic E-state index is -4.85. The summed E-state index contributed by atoms with van der Waals surface area (Å²) in [5.74, 6) is 0. The number of anilines is 1. The molecule has 0 aliphatic heterocycles. The maximum atomic E-state index is 13.1. The Morgan fingerprint density at radius 1 is 0.935 bits per heavy atom. The average molecular weight is 510 g/mol. The number of sulfonamides is 1. The smallest absolute Gasteiger partial charge is 0.343 e. The van der Waals surface area contributed by atoms with E-state index in [1.807, 2.05) is 0 Å². The molecule has 0 spiro atoms. The van der Waals surface area contributed by atoms with Crippen LogP contribution in [0.2, 0.25) is 10.0 Å². The van der Waals surface area contributed by atoms with E-state index in [0.717, 1.165) is 12.1 Å². The first-order valence-electron chi connectivity index (χ1n) is 8.42. The summed E-state index contributed by atoms with van der Waals surface area (Å²) < 4.78 is 79.0. The molecule has 0 amide bonds. The minimum Gasteiger partial charge on any atom is -0.343 e. The summed E-state index contributed by atoms with van der Waals surface area (Å²) in [4.78, 5) is 8.95. The second kappa shape index (κ2) is 8.84. The van der Waals surface area contributed by atoms with Crippen molar-refractivity contribution in [3.63, 3.8) is 0 Å². The molecule has 1 unspecified atom stereocenters. The summed E-state index contributed by atoms with van der Waals surface area (Å²) in [6.45, 7) is 0. The van der Waals surface area contributed by atoms with Crippen molar-refractivity contribution in [1.82, 2.24) is 0 Å². The lowest BCUT2D eigenvalue weighted by molar-refractivity contribution is -0.137. The molecule has 0 heterocycles. The summed E-state index contributed by atoms with van der Waals surface area (Å²) in [7, 11) is -7.63. The van der Waals surface area contributed by atoms with Gasteiger partial charge in [0.15, 0.2) is 0 Å². The molecular formula is C19H13Cl2F3NO4PS. The van der Waals surface area contributed by atoms with Crippen LogP contribution in [0.4, 0.5) is 18.9 Å². The molecule has 3 aromatic carbocycles. The highest BCUT2D eigenvalue weighted by Crippen LogP contribution is 2.37. The number of nitrogens with one attached hydrogen (secondary N) is 1. The minimum absolute atomic E-state index is 0.0771. The molecule has 0 aromatic heterocycles. The van der Waals surface area contributed by atoms with Gasteiger partial charge in [0.2, 0.25) is 8.03 Å². The van der Waals surface area contributed by atoms with Crippen molar-refractivity contribution in [3.05, 3.63) is 76.3 Å². The standard InChI is InChI=1S/C19H13Cl2F3NO4PS/c20-11-5-7-13(14-3-1-2-4-18(14)30(26)27)17(9-11)25-31(28,29)12-6-8-16(21)15(10-12)19(22,23)24/h1-10,25,30H,(H,26,27). The zero-order valence-corrected chi connectivity index (χ0v) is 18.6. The van der Waals surface area contributed by atoms with Gasteiger partial charge in [-0.3, -0.25) is 9.29 Å². The van der Waals surface area contributed by atoms with Crippen LogP contribution >= 0.6 is 31.2 Å². The lowest BCUT2D eigenvalue weighted by Crippen LogP contribution is -2.16. The highest BCUT2D eigenvalue weighted by Gasteiger charge is 2.34. The van der Waals surface area contributed by atoms with Crippen LogP contribution in [0.25, 0.3) is 11.1 Å². The molecule has 0 fully saturated rings. The summed E-state index contributed by atoms with van der Waals surface area (Å²) in [5.41, 5.74) is -0.879. The van der Waals surface area contributed by atoms with Gasteiger partial charge in [-0.25, -0.2) is 8.42 Å². The molecule has 0 bridgehead atoms. The Bertz CT molecular complexity index is 1280. The average Bonchev–Trinajstić information content (AvgIpc) is 2.67. The Morgan fingerprint density at radius 2 is 1.61 bits per heavy atom. The van der Waals surface area contributed by atoms with Crippen LogP contribution in [-0.2, 0) is 20.8 Å². The van der Waals surface area contributed by atoms with Crippen molar-refractivity contribution < 1.29 is 31.0 Å². The molecule has 0 aliphatic rings. The Balaban J connectivity index is 2.12. The van der Waals surface area contributed by atoms with E-state index in [0.29, 0.717) is 6.07 Å². The number of halogens is 5. The normalized spacial score (nSPS) is 13.1. The molecule has 0 saturated carbocycles. The molecule has 5 nitrogen and oxygen atoms in total. The van der Waals surface area contributed by atoms with Gasteiger partial charge in [0.25, 0.3) is 10.0 Å². The van der Waals surface area contributed by atoms with Gasteiger partial charge in [-0.1, -0.05) is 47.5 Å². The first kappa shape index (κ1) is 23.6. The predicted octanol–water partition coefficient (Wildman–Crippen LogP) is 5.57. The van der Waals surface area contributed by atoms with Crippen molar-refractivity contribution in [2.75, 3.05) is 4.72 Å². The molecule has 0 aliphatic carbocycles. The SMILES string of the molecule is O=[PH](O)c1ccccc1-c1ccc(Cl)cc1NS(=O)(=O)c1ccc(Cl)c(C(F)(F)F)c1. The largest absolute Gasteiger partial charge is 0.417 e. The number of benzene rings is 3. The Kier molecular flexibility index (Phi) is 6.74. The first-order valence-corrected chi connectivity index (χ1v) is 12.0. The molecule has 31 heavy (non-hydrogen) atoms. The molecule has 2 N–H and O–H groups in total. The van der Waals surface area contributed by atoms with Crippen LogP contribution in [0.15, 0.2) is 65.6 Å². The maximum Gasteiger partial charge on any atom is 0.417 e. The number of alkyl halides is 3. The van der Waals surface area contributed by atoms with Crippen LogP contribution in [0.3, 0.4) is 0 Å². The summed E-state index contributed by atoms with van der Waals surface area (Å²) in [6.07, 6.45) is -4.85. The summed E-state index contributed by atoms with van der Waals surface area (Å²) in [6, 6.07) is 12.4. The predicted molar refractivity (Wildman–Crippen MR) is 115 cm³/mol. The molecule has 0 saturated heterocycles. The summed E-state index contributed by atoms with van der Waals surface area (Å²) >= 11 is 11.5. The van der Waals surface area contributed by atoms with Crippen LogP contribution in [-0.4, -0.2) is 13.3 Å². The fourth-order valence-electron chi connectivity index (χ4n) is 2.83. The van der Waals surface area contributed by atoms with Crippen LogP contribution in [0.1, 0.15) is 5.56 Å². The van der Waals surface area contributed by atoms with Gasteiger partial charge in [0.1, 0.15) is 0 Å². The molecule has 0 radical (unpaired) electrons. The highest BCUT2D eigenvalue weighted by atomic mass is 35.5. The summed E-state index contributed by atoms with van der Waals surface area (Å²) in [5, 5.41) is -0.416. The van der Waals surface area contributed by atoms with Gasteiger partial charge in [0.05, 0.1) is 21.2 Å². The van der Waals surface area contributed by atoms with Crippen LogP contribution in [0, 0.1) is 0 Å². The third-order valence-electron chi connectivity index (χ3n) is 4.23. The maximum absolute atomic E-state index is 13.1. The molecule has 1 atom stereocenters. The van der Waals surface area contributed by atoms with E-state index >= 15 is 0 Å². The lowest BCUT2D eigenvalue weighted by Gasteiger charge is -2.16. The van der Waals surface area contributed by atoms with Crippen molar-refractivity contribution >= 4 is 52.2 Å². The van der Waals surface area contributed by atoms with Gasteiger partial charge in [0, 0.05) is 15.9 Å².